The van der Waals surface area contributed by atoms with E-state index in [0.717, 1.165) is 44.6 Å². The second-order valence-corrected chi connectivity index (χ2v) is 15.0. The summed E-state index contributed by atoms with van der Waals surface area (Å²) in [5.74, 6) is 1.74. The van der Waals surface area contributed by atoms with Crippen molar-refractivity contribution in [3.05, 3.63) is 168 Å². The van der Waals surface area contributed by atoms with E-state index < -0.39 is 23.7 Å². The van der Waals surface area contributed by atoms with Crippen molar-refractivity contribution in [1.29, 1.82) is 0 Å². The standard InChI is InChI=1S/C46H36BNO3/c1-44(2)45(3,4)51-47(50-44)32-23-25-35-34-24-22-31(29-18-20-30(21-19-29)33-11-9-15-41-36(33)12-10-26-48-41)27-39(34)46(40(35)28-32)37-13-5-7-16-42(37)49-43-17-8-6-14-38(43)46/h5-28H,1-4H3. The largest absolute Gasteiger partial charge is 0.494 e. The number of aromatic nitrogens is 1. The summed E-state index contributed by atoms with van der Waals surface area (Å²) in [4.78, 5) is 4.57. The van der Waals surface area contributed by atoms with Gasteiger partial charge in [-0.3, -0.25) is 4.98 Å². The van der Waals surface area contributed by atoms with E-state index in [0.29, 0.717) is 0 Å². The van der Waals surface area contributed by atoms with E-state index in [2.05, 4.69) is 166 Å². The summed E-state index contributed by atoms with van der Waals surface area (Å²) in [5.41, 5.74) is 12.4. The third kappa shape index (κ3) is 4.32. The maximum Gasteiger partial charge on any atom is 0.494 e. The number of hydrogen-bond acceptors (Lipinski definition) is 4. The van der Waals surface area contributed by atoms with Crippen LogP contribution in [0.3, 0.4) is 0 Å². The first-order valence-electron chi connectivity index (χ1n) is 17.7. The van der Waals surface area contributed by atoms with Crippen molar-refractivity contribution in [3.63, 3.8) is 0 Å². The molecule has 10 rings (SSSR count). The molecular formula is C46H36BNO3. The molecule has 51 heavy (non-hydrogen) atoms. The van der Waals surface area contributed by atoms with Crippen molar-refractivity contribution in [2.24, 2.45) is 0 Å². The van der Waals surface area contributed by atoms with Gasteiger partial charge in [-0.05, 0) is 108 Å². The number of hydrogen-bond donors (Lipinski definition) is 0. The Morgan fingerprint density at radius 1 is 0.490 bits per heavy atom. The molecule has 7 aromatic rings. The minimum Gasteiger partial charge on any atom is -0.457 e. The van der Waals surface area contributed by atoms with Crippen LogP contribution in [-0.2, 0) is 14.7 Å². The number of rotatable bonds is 3. The summed E-state index contributed by atoms with van der Waals surface area (Å²) in [7, 11) is -0.474. The molecule has 0 amide bonds. The van der Waals surface area contributed by atoms with Crippen molar-refractivity contribution < 1.29 is 14.0 Å². The Bertz CT molecular complexity index is 2470. The summed E-state index contributed by atoms with van der Waals surface area (Å²) < 4.78 is 19.8. The Morgan fingerprint density at radius 2 is 1.10 bits per heavy atom. The average Bonchev–Trinajstić information content (AvgIpc) is 3.56. The predicted molar refractivity (Wildman–Crippen MR) is 206 cm³/mol. The number of para-hydroxylation sites is 2. The van der Waals surface area contributed by atoms with Crippen molar-refractivity contribution >= 4 is 23.5 Å². The van der Waals surface area contributed by atoms with E-state index in [1.54, 1.807) is 0 Å². The average molecular weight is 662 g/mol. The van der Waals surface area contributed by atoms with Gasteiger partial charge < -0.3 is 14.0 Å². The lowest BCUT2D eigenvalue weighted by atomic mass is 9.64. The van der Waals surface area contributed by atoms with Gasteiger partial charge in [0.05, 0.1) is 22.1 Å². The van der Waals surface area contributed by atoms with Gasteiger partial charge in [-0.15, -0.1) is 0 Å². The van der Waals surface area contributed by atoms with Crippen LogP contribution in [0.15, 0.2) is 146 Å². The van der Waals surface area contributed by atoms with Gasteiger partial charge in [0.1, 0.15) is 11.5 Å². The number of pyridine rings is 1. The smallest absolute Gasteiger partial charge is 0.457 e. The molecule has 1 aromatic heterocycles. The van der Waals surface area contributed by atoms with E-state index >= 15 is 0 Å². The summed E-state index contributed by atoms with van der Waals surface area (Å²) >= 11 is 0. The Hall–Kier alpha value is -5.49. The summed E-state index contributed by atoms with van der Waals surface area (Å²) in [6.45, 7) is 8.43. The Kier molecular flexibility index (Phi) is 6.40. The fourth-order valence-corrected chi connectivity index (χ4v) is 8.42. The first kappa shape index (κ1) is 30.3. The van der Waals surface area contributed by atoms with Gasteiger partial charge in [-0.1, -0.05) is 109 Å². The van der Waals surface area contributed by atoms with Gasteiger partial charge in [-0.2, -0.15) is 0 Å². The van der Waals surface area contributed by atoms with E-state index in [4.69, 9.17) is 14.0 Å². The fraction of sp³-hybridized carbons (Fsp3) is 0.152. The molecule has 0 unspecified atom stereocenters. The molecule has 1 spiro atoms. The highest BCUT2D eigenvalue weighted by molar-refractivity contribution is 6.62. The molecule has 2 aliphatic heterocycles. The first-order chi connectivity index (χ1) is 24.7. The topological polar surface area (TPSA) is 40.6 Å². The van der Waals surface area contributed by atoms with Crippen LogP contribution in [0, 0.1) is 0 Å². The predicted octanol–water partition coefficient (Wildman–Crippen LogP) is 10.3. The van der Waals surface area contributed by atoms with E-state index in [-0.39, 0.29) is 0 Å². The zero-order valence-electron chi connectivity index (χ0n) is 29.1. The van der Waals surface area contributed by atoms with Crippen molar-refractivity contribution in [2.75, 3.05) is 0 Å². The quantitative estimate of drug-likeness (QED) is 0.177. The molecule has 4 nitrogen and oxygen atoms in total. The number of nitrogens with zero attached hydrogens (tertiary/aromatic N) is 1. The van der Waals surface area contributed by atoms with Crippen LogP contribution in [0.1, 0.15) is 49.9 Å². The maximum atomic E-state index is 6.63. The van der Waals surface area contributed by atoms with Crippen molar-refractivity contribution in [3.8, 4) is 44.9 Å². The minimum atomic E-state index is -0.609. The lowest BCUT2D eigenvalue weighted by molar-refractivity contribution is 0.00578. The Morgan fingerprint density at radius 3 is 1.80 bits per heavy atom. The molecule has 1 fully saturated rings. The minimum absolute atomic E-state index is 0.440. The SMILES string of the molecule is CC1(C)OB(c2ccc3c(c2)C2(c4ccccc4Oc4ccccc42)c2cc(-c4ccc(-c5cccc6ncccc56)cc4)ccc2-3)OC1(C)C. The number of ether oxygens (including phenoxy) is 1. The molecule has 6 aromatic carbocycles. The molecule has 3 aliphatic rings. The monoisotopic (exact) mass is 661 g/mol. The molecule has 0 atom stereocenters. The van der Waals surface area contributed by atoms with Crippen LogP contribution in [0.4, 0.5) is 0 Å². The molecule has 5 heteroatoms. The van der Waals surface area contributed by atoms with Gasteiger partial charge in [-0.25, -0.2) is 0 Å². The van der Waals surface area contributed by atoms with Crippen LogP contribution in [0.25, 0.3) is 44.3 Å². The van der Waals surface area contributed by atoms with E-state index in [1.807, 2.05) is 12.3 Å². The third-order valence-electron chi connectivity index (χ3n) is 11.7. The maximum absolute atomic E-state index is 6.63. The van der Waals surface area contributed by atoms with Gasteiger partial charge in [0.15, 0.2) is 0 Å². The molecule has 0 bridgehead atoms. The second kappa shape index (κ2) is 10.8. The third-order valence-corrected chi connectivity index (χ3v) is 11.7. The molecule has 0 N–H and O–H groups in total. The first-order valence-corrected chi connectivity index (χ1v) is 17.7. The molecule has 1 aliphatic carbocycles. The van der Waals surface area contributed by atoms with Crippen LogP contribution < -0.4 is 10.2 Å². The lowest BCUT2D eigenvalue weighted by Crippen LogP contribution is -2.41. The van der Waals surface area contributed by atoms with Gasteiger partial charge >= 0.3 is 7.12 Å². The summed E-state index contributed by atoms with van der Waals surface area (Å²) in [6.07, 6.45) is 1.85. The molecule has 246 valence electrons. The van der Waals surface area contributed by atoms with Crippen LogP contribution in [0.5, 0.6) is 11.5 Å². The van der Waals surface area contributed by atoms with E-state index in [1.165, 1.54) is 38.9 Å². The van der Waals surface area contributed by atoms with Gasteiger partial charge in [0.25, 0.3) is 0 Å². The second-order valence-electron chi connectivity index (χ2n) is 15.0. The van der Waals surface area contributed by atoms with Crippen molar-refractivity contribution in [1.82, 2.24) is 4.98 Å². The van der Waals surface area contributed by atoms with Gasteiger partial charge in [0.2, 0.25) is 0 Å². The van der Waals surface area contributed by atoms with Crippen molar-refractivity contribution in [2.45, 2.75) is 44.3 Å². The highest BCUT2D eigenvalue weighted by Crippen LogP contribution is 2.62. The zero-order valence-corrected chi connectivity index (χ0v) is 29.1. The molecule has 0 saturated carbocycles. The molecule has 3 heterocycles. The lowest BCUT2D eigenvalue weighted by Gasteiger charge is -2.39. The highest BCUT2D eigenvalue weighted by atomic mass is 16.7. The van der Waals surface area contributed by atoms with Gasteiger partial charge in [0, 0.05) is 22.7 Å². The summed E-state index contributed by atoms with van der Waals surface area (Å²) in [5, 5.41) is 1.15. The van der Waals surface area contributed by atoms with Crippen LogP contribution >= 0.6 is 0 Å². The zero-order chi connectivity index (χ0) is 34.5. The highest BCUT2D eigenvalue weighted by Gasteiger charge is 2.54. The Labute approximate surface area is 298 Å². The Balaban J connectivity index is 1.16. The number of fused-ring (bicyclic) bond motifs is 10. The van der Waals surface area contributed by atoms with Crippen LogP contribution in [0.2, 0.25) is 0 Å². The van der Waals surface area contributed by atoms with E-state index in [9.17, 15) is 0 Å². The molecule has 1 saturated heterocycles. The molecular weight excluding hydrogens is 625 g/mol. The normalized spacial score (nSPS) is 17.1. The fourth-order valence-electron chi connectivity index (χ4n) is 8.42. The number of benzene rings is 6. The molecule has 0 radical (unpaired) electrons. The summed E-state index contributed by atoms with van der Waals surface area (Å²) in [6, 6.07) is 50.1. The van der Waals surface area contributed by atoms with Crippen LogP contribution in [-0.4, -0.2) is 23.3 Å².